The van der Waals surface area contributed by atoms with Crippen LogP contribution in [0.1, 0.15) is 37.1 Å². The zero-order valence-corrected chi connectivity index (χ0v) is 19.0. The number of hydroxylamine groups is 1. The minimum absolute atomic E-state index is 0.0585. The van der Waals surface area contributed by atoms with Gasteiger partial charge < -0.3 is 9.47 Å². The number of ether oxygens (including phenoxy) is 2. The van der Waals surface area contributed by atoms with E-state index in [0.29, 0.717) is 16.8 Å². The number of benzene rings is 3. The quantitative estimate of drug-likeness (QED) is 0.356. The second kappa shape index (κ2) is 10.1. The monoisotopic (exact) mass is 463 g/mol. The van der Waals surface area contributed by atoms with Gasteiger partial charge in [-0.1, -0.05) is 60.7 Å². The highest BCUT2D eigenvalue weighted by Gasteiger charge is 2.69. The summed E-state index contributed by atoms with van der Waals surface area (Å²) in [4.78, 5) is 34.0. The van der Waals surface area contributed by atoms with E-state index in [4.69, 9.17) is 14.3 Å². The minimum atomic E-state index is -1.92. The zero-order chi connectivity index (χ0) is 24.1. The highest BCUT2D eigenvalue weighted by atomic mass is 19.1. The maximum atomic E-state index is 13.8. The molecule has 1 aliphatic rings. The predicted molar refractivity (Wildman–Crippen MR) is 124 cm³/mol. The van der Waals surface area contributed by atoms with E-state index in [1.807, 2.05) is 60.7 Å². The van der Waals surface area contributed by atoms with Crippen LogP contribution in [-0.4, -0.2) is 25.2 Å². The van der Waals surface area contributed by atoms with E-state index in [-0.39, 0.29) is 13.2 Å². The lowest BCUT2D eigenvalue weighted by molar-refractivity contribution is -0.177. The Labute approximate surface area is 197 Å². The fraction of sp³-hybridized carbons (Fsp3) is 0.259. The molecule has 1 saturated heterocycles. The Bertz CT molecular complexity index is 1100. The molecule has 0 saturated carbocycles. The predicted octanol–water partition coefficient (Wildman–Crippen LogP) is 5.17. The average molecular weight is 464 g/mol. The van der Waals surface area contributed by atoms with Crippen LogP contribution in [-0.2, 0) is 23.9 Å². The molecule has 0 amide bonds. The van der Waals surface area contributed by atoms with Gasteiger partial charge in [-0.05, 0) is 49.2 Å². The largest absolute Gasteiger partial charge is 0.465 e. The van der Waals surface area contributed by atoms with Crippen LogP contribution < -0.4 is 5.06 Å². The van der Waals surface area contributed by atoms with E-state index >= 15 is 0 Å². The molecule has 6 nitrogen and oxygen atoms in total. The molecule has 0 bridgehead atoms. The van der Waals surface area contributed by atoms with Gasteiger partial charge in [-0.3, -0.25) is 14.4 Å². The van der Waals surface area contributed by atoms with Gasteiger partial charge in [0.25, 0.3) is 0 Å². The van der Waals surface area contributed by atoms with Crippen molar-refractivity contribution in [1.29, 1.82) is 0 Å². The van der Waals surface area contributed by atoms with Crippen molar-refractivity contribution in [3.8, 4) is 0 Å². The zero-order valence-electron chi connectivity index (χ0n) is 19.0. The Morgan fingerprint density at radius 2 is 1.35 bits per heavy atom. The smallest absolute Gasteiger partial charge is 0.329 e. The van der Waals surface area contributed by atoms with E-state index in [2.05, 4.69) is 0 Å². The molecule has 3 aromatic carbocycles. The molecular weight excluding hydrogens is 437 g/mol. The number of rotatable bonds is 7. The Kier molecular flexibility index (Phi) is 6.93. The summed E-state index contributed by atoms with van der Waals surface area (Å²) in [6.07, 6.45) is -1.13. The minimum Gasteiger partial charge on any atom is -0.465 e. The summed E-state index contributed by atoms with van der Waals surface area (Å²) >= 11 is 0. The number of nitrogens with zero attached hydrogens (tertiary/aromatic N) is 1. The van der Waals surface area contributed by atoms with Crippen LogP contribution in [0, 0.1) is 11.2 Å². The second-order valence-electron chi connectivity index (χ2n) is 7.82. The van der Waals surface area contributed by atoms with Gasteiger partial charge in [0.1, 0.15) is 18.0 Å². The van der Waals surface area contributed by atoms with Gasteiger partial charge in [0.15, 0.2) is 0 Å². The number of esters is 2. The lowest BCUT2D eigenvalue weighted by Crippen LogP contribution is -2.49. The summed E-state index contributed by atoms with van der Waals surface area (Å²) < 4.78 is 24.7. The first-order valence-electron chi connectivity index (χ1n) is 11.2. The van der Waals surface area contributed by atoms with Crippen LogP contribution in [0.4, 0.5) is 10.1 Å². The molecule has 1 aliphatic heterocycles. The lowest BCUT2D eigenvalue weighted by Gasteiger charge is -2.34. The number of anilines is 1. The van der Waals surface area contributed by atoms with Gasteiger partial charge in [0.2, 0.25) is 5.41 Å². The normalized spacial score (nSPS) is 19.0. The van der Waals surface area contributed by atoms with Gasteiger partial charge in [-0.2, -0.15) is 0 Å². The molecule has 1 heterocycles. The highest BCUT2D eigenvalue weighted by Crippen LogP contribution is 2.58. The molecule has 1 fully saturated rings. The van der Waals surface area contributed by atoms with Gasteiger partial charge >= 0.3 is 11.9 Å². The highest BCUT2D eigenvalue weighted by molar-refractivity contribution is 6.03. The number of hydrogen-bond donors (Lipinski definition) is 0. The second-order valence-corrected chi connectivity index (χ2v) is 7.82. The number of para-hydroxylation sites is 1. The summed E-state index contributed by atoms with van der Waals surface area (Å²) in [5, 5.41) is 1.55. The molecule has 2 atom stereocenters. The van der Waals surface area contributed by atoms with Crippen molar-refractivity contribution in [3.05, 3.63) is 102 Å². The number of carbonyl (C=O) groups excluding carboxylic acids is 2. The molecule has 0 aliphatic carbocycles. The fourth-order valence-electron chi connectivity index (χ4n) is 4.39. The van der Waals surface area contributed by atoms with Crippen molar-refractivity contribution in [2.24, 2.45) is 5.41 Å². The van der Waals surface area contributed by atoms with Crippen molar-refractivity contribution in [1.82, 2.24) is 0 Å². The number of carbonyl (C=O) groups is 2. The molecule has 3 aromatic rings. The third-order valence-electron chi connectivity index (χ3n) is 5.82. The average Bonchev–Trinajstić information content (AvgIpc) is 3.23. The van der Waals surface area contributed by atoms with Crippen LogP contribution in [0.25, 0.3) is 0 Å². The number of hydrogen-bond acceptors (Lipinski definition) is 6. The standard InChI is InChI=1S/C27H26FNO5/c1-3-32-25(30)27(26(31)33-4-2)23(19-11-7-5-8-12-19)29(22-13-9-6-10-14-22)34-24(27)20-15-17-21(28)18-16-20/h5-18,23-24H,3-4H2,1-2H3/t23-,24-/m0/s1. The van der Waals surface area contributed by atoms with Crippen molar-refractivity contribution in [2.75, 3.05) is 18.3 Å². The molecule has 4 rings (SSSR count). The third kappa shape index (κ3) is 4.03. The van der Waals surface area contributed by atoms with Gasteiger partial charge in [0, 0.05) is 0 Å². The summed E-state index contributed by atoms with van der Waals surface area (Å²) in [5.74, 6) is -1.98. The number of halogens is 1. The molecular formula is C27H26FNO5. The summed E-state index contributed by atoms with van der Waals surface area (Å²) in [6.45, 7) is 3.46. The molecule has 176 valence electrons. The SMILES string of the molecule is CCOC(=O)C1(C(=O)OCC)[C@H](c2ccccc2)N(c2ccccc2)O[C@H]1c1ccc(F)cc1. The third-order valence-corrected chi connectivity index (χ3v) is 5.82. The maximum absolute atomic E-state index is 13.8. The molecule has 0 spiro atoms. The van der Waals surface area contributed by atoms with E-state index in [1.54, 1.807) is 18.9 Å². The maximum Gasteiger partial charge on any atom is 0.329 e. The van der Waals surface area contributed by atoms with Crippen molar-refractivity contribution < 1.29 is 28.3 Å². The summed E-state index contributed by atoms with van der Waals surface area (Å²) in [5.41, 5.74) is -0.168. The summed E-state index contributed by atoms with van der Waals surface area (Å²) in [7, 11) is 0. The molecule has 0 aromatic heterocycles. The van der Waals surface area contributed by atoms with E-state index in [0.717, 1.165) is 0 Å². The van der Waals surface area contributed by atoms with Gasteiger partial charge in [-0.25, -0.2) is 9.45 Å². The molecule has 0 unspecified atom stereocenters. The first-order valence-corrected chi connectivity index (χ1v) is 11.2. The van der Waals surface area contributed by atoms with Crippen LogP contribution in [0.3, 0.4) is 0 Å². The van der Waals surface area contributed by atoms with Crippen LogP contribution >= 0.6 is 0 Å². The fourth-order valence-corrected chi connectivity index (χ4v) is 4.39. The Hall–Kier alpha value is -3.71. The molecule has 7 heteroatoms. The first-order chi connectivity index (χ1) is 16.5. The molecule has 0 radical (unpaired) electrons. The van der Waals surface area contributed by atoms with Crippen molar-refractivity contribution in [3.63, 3.8) is 0 Å². The summed E-state index contributed by atoms with van der Waals surface area (Å²) in [6, 6.07) is 22.9. The van der Waals surface area contributed by atoms with Gasteiger partial charge in [-0.15, -0.1) is 0 Å². The molecule has 0 N–H and O–H groups in total. The molecule has 34 heavy (non-hydrogen) atoms. The van der Waals surface area contributed by atoms with Crippen LogP contribution in [0.15, 0.2) is 84.9 Å². The van der Waals surface area contributed by atoms with Crippen molar-refractivity contribution in [2.45, 2.75) is 26.0 Å². The topological polar surface area (TPSA) is 65.1 Å². The van der Waals surface area contributed by atoms with E-state index in [1.165, 1.54) is 24.3 Å². The van der Waals surface area contributed by atoms with Crippen molar-refractivity contribution >= 4 is 17.6 Å². The first kappa shape index (κ1) is 23.4. The van der Waals surface area contributed by atoms with E-state index in [9.17, 15) is 14.0 Å². The lowest BCUT2D eigenvalue weighted by atomic mass is 9.71. The Morgan fingerprint density at radius 1 is 0.824 bits per heavy atom. The van der Waals surface area contributed by atoms with Gasteiger partial charge in [0.05, 0.1) is 18.9 Å². The Balaban J connectivity index is 2.02. The van der Waals surface area contributed by atoms with Crippen LogP contribution in [0.5, 0.6) is 0 Å². The Morgan fingerprint density at radius 3 is 1.88 bits per heavy atom. The van der Waals surface area contributed by atoms with Crippen LogP contribution in [0.2, 0.25) is 0 Å². The van der Waals surface area contributed by atoms with E-state index < -0.39 is 35.3 Å².